The van der Waals surface area contributed by atoms with E-state index < -0.39 is 0 Å². The number of aliphatic imine (C=N–C) groups is 1. The largest absolute Gasteiger partial charge is 0.444 e. The number of nitrogens with zero attached hydrogens (tertiary/aromatic N) is 5. The van der Waals surface area contributed by atoms with Gasteiger partial charge in [-0.15, -0.1) is 0 Å². The summed E-state index contributed by atoms with van der Waals surface area (Å²) in [5, 5.41) is 3.43. The summed E-state index contributed by atoms with van der Waals surface area (Å²) in [5.74, 6) is 2.67. The Morgan fingerprint density at radius 1 is 1.10 bits per heavy atom. The standard InChI is InChI=1S/C24H30N6O/c1-3-25-24(30-16-14-29(15-17-30)22-6-4-5-12-26-22)27-13-11-21-18-31-23(28-21)20-9-7-19(2)8-10-20/h4-10,12,18H,3,11,13-17H2,1-2H3,(H,25,27). The number of guanidine groups is 1. The third kappa shape index (κ3) is 5.42. The highest BCUT2D eigenvalue weighted by molar-refractivity contribution is 5.80. The first-order valence-corrected chi connectivity index (χ1v) is 10.9. The van der Waals surface area contributed by atoms with Crippen LogP contribution in [0.1, 0.15) is 18.2 Å². The van der Waals surface area contributed by atoms with Gasteiger partial charge in [-0.05, 0) is 38.1 Å². The number of oxazole rings is 1. The van der Waals surface area contributed by atoms with Crippen LogP contribution in [-0.2, 0) is 6.42 Å². The molecule has 4 rings (SSSR count). The number of aromatic nitrogens is 2. The molecule has 3 aromatic rings. The summed E-state index contributed by atoms with van der Waals surface area (Å²) in [6.45, 7) is 9.40. The van der Waals surface area contributed by atoms with Crippen LogP contribution in [0.3, 0.4) is 0 Å². The van der Waals surface area contributed by atoms with E-state index in [0.717, 1.165) is 62.2 Å². The van der Waals surface area contributed by atoms with Crippen LogP contribution in [0, 0.1) is 6.92 Å². The Morgan fingerprint density at radius 3 is 2.61 bits per heavy atom. The second-order valence-corrected chi connectivity index (χ2v) is 7.66. The SMILES string of the molecule is CCNC(=NCCc1coc(-c2ccc(C)cc2)n1)N1CCN(c2ccccn2)CC1. The van der Waals surface area contributed by atoms with Crippen molar-refractivity contribution in [1.82, 2.24) is 20.2 Å². The van der Waals surface area contributed by atoms with Crippen molar-refractivity contribution >= 4 is 11.8 Å². The lowest BCUT2D eigenvalue weighted by Gasteiger charge is -2.37. The van der Waals surface area contributed by atoms with Gasteiger partial charge in [0.1, 0.15) is 12.1 Å². The van der Waals surface area contributed by atoms with E-state index in [1.807, 2.05) is 30.5 Å². The van der Waals surface area contributed by atoms with Gasteiger partial charge in [-0.25, -0.2) is 9.97 Å². The van der Waals surface area contributed by atoms with Gasteiger partial charge in [-0.3, -0.25) is 4.99 Å². The second-order valence-electron chi connectivity index (χ2n) is 7.66. The van der Waals surface area contributed by atoms with Crippen molar-refractivity contribution in [3.8, 4) is 11.5 Å². The second kappa shape index (κ2) is 10.1. The number of aryl methyl sites for hydroxylation is 1. The number of pyridine rings is 1. The Labute approximate surface area is 183 Å². The minimum atomic E-state index is 0.663. The van der Waals surface area contributed by atoms with E-state index >= 15 is 0 Å². The molecule has 0 saturated carbocycles. The van der Waals surface area contributed by atoms with Crippen LogP contribution in [0.25, 0.3) is 11.5 Å². The molecule has 1 aromatic carbocycles. The number of anilines is 1. The molecule has 7 heteroatoms. The average molecular weight is 419 g/mol. The van der Waals surface area contributed by atoms with Crippen molar-refractivity contribution in [2.75, 3.05) is 44.2 Å². The normalized spacial score (nSPS) is 14.7. The first-order chi connectivity index (χ1) is 15.2. The molecule has 7 nitrogen and oxygen atoms in total. The summed E-state index contributed by atoms with van der Waals surface area (Å²) in [5.41, 5.74) is 3.15. The van der Waals surface area contributed by atoms with Crippen molar-refractivity contribution in [2.24, 2.45) is 4.99 Å². The maximum atomic E-state index is 5.67. The highest BCUT2D eigenvalue weighted by Crippen LogP contribution is 2.19. The molecule has 1 saturated heterocycles. The van der Waals surface area contributed by atoms with E-state index in [-0.39, 0.29) is 0 Å². The van der Waals surface area contributed by atoms with Crippen LogP contribution in [0.15, 0.2) is 64.3 Å². The third-order valence-electron chi connectivity index (χ3n) is 5.37. The van der Waals surface area contributed by atoms with Crippen molar-refractivity contribution in [2.45, 2.75) is 20.3 Å². The van der Waals surface area contributed by atoms with Gasteiger partial charge in [-0.2, -0.15) is 0 Å². The Kier molecular flexibility index (Phi) is 6.82. The Morgan fingerprint density at radius 2 is 1.90 bits per heavy atom. The predicted molar refractivity (Wildman–Crippen MR) is 124 cm³/mol. The van der Waals surface area contributed by atoms with Crippen molar-refractivity contribution in [3.63, 3.8) is 0 Å². The molecule has 0 amide bonds. The first-order valence-electron chi connectivity index (χ1n) is 10.9. The number of hydrogen-bond donors (Lipinski definition) is 1. The topological polar surface area (TPSA) is 69.8 Å². The Bertz CT molecular complexity index is 975. The molecule has 3 heterocycles. The van der Waals surface area contributed by atoms with Crippen molar-refractivity contribution < 1.29 is 4.42 Å². The smallest absolute Gasteiger partial charge is 0.226 e. The molecular formula is C24H30N6O. The molecule has 0 atom stereocenters. The van der Waals surface area contributed by atoms with Gasteiger partial charge < -0.3 is 19.5 Å². The van der Waals surface area contributed by atoms with Gasteiger partial charge in [0.05, 0.1) is 5.69 Å². The van der Waals surface area contributed by atoms with Crippen molar-refractivity contribution in [1.29, 1.82) is 0 Å². The zero-order chi connectivity index (χ0) is 21.5. The fourth-order valence-electron chi connectivity index (χ4n) is 3.64. The molecule has 1 aliphatic heterocycles. The summed E-state index contributed by atoms with van der Waals surface area (Å²) in [7, 11) is 0. The van der Waals surface area contributed by atoms with Gasteiger partial charge >= 0.3 is 0 Å². The quantitative estimate of drug-likeness (QED) is 0.489. The zero-order valence-corrected chi connectivity index (χ0v) is 18.3. The molecule has 0 unspecified atom stereocenters. The molecule has 0 spiro atoms. The molecular weight excluding hydrogens is 388 g/mol. The molecule has 1 fully saturated rings. The highest BCUT2D eigenvalue weighted by Gasteiger charge is 2.20. The summed E-state index contributed by atoms with van der Waals surface area (Å²) in [6, 6.07) is 14.3. The maximum Gasteiger partial charge on any atom is 0.226 e. The van der Waals surface area contributed by atoms with Crippen LogP contribution in [0.4, 0.5) is 5.82 Å². The van der Waals surface area contributed by atoms with E-state index in [4.69, 9.17) is 9.41 Å². The lowest BCUT2D eigenvalue weighted by atomic mass is 10.1. The van der Waals surface area contributed by atoms with Crippen LogP contribution < -0.4 is 10.2 Å². The van der Waals surface area contributed by atoms with Gasteiger partial charge in [0.2, 0.25) is 5.89 Å². The molecule has 1 aliphatic rings. The lowest BCUT2D eigenvalue weighted by Crippen LogP contribution is -2.52. The van der Waals surface area contributed by atoms with Crippen LogP contribution in [0.5, 0.6) is 0 Å². The molecule has 0 bridgehead atoms. The Hall–Kier alpha value is -3.35. The van der Waals surface area contributed by atoms with Crippen LogP contribution in [-0.4, -0.2) is 60.1 Å². The summed E-state index contributed by atoms with van der Waals surface area (Å²) in [6.07, 6.45) is 4.34. The predicted octanol–water partition coefficient (Wildman–Crippen LogP) is 3.38. The van der Waals surface area contributed by atoms with Crippen molar-refractivity contribution in [3.05, 3.63) is 66.2 Å². The van der Waals surface area contributed by atoms with E-state index in [1.165, 1.54) is 5.56 Å². The van der Waals surface area contributed by atoms with Gasteiger partial charge in [0, 0.05) is 57.4 Å². The molecule has 2 aromatic heterocycles. The molecule has 162 valence electrons. The van der Waals surface area contributed by atoms with E-state index in [9.17, 15) is 0 Å². The molecule has 0 aliphatic carbocycles. The fourth-order valence-corrected chi connectivity index (χ4v) is 3.64. The minimum absolute atomic E-state index is 0.663. The zero-order valence-electron chi connectivity index (χ0n) is 18.3. The van der Waals surface area contributed by atoms with E-state index in [2.05, 4.69) is 57.1 Å². The molecule has 1 N–H and O–H groups in total. The number of piperazine rings is 1. The summed E-state index contributed by atoms with van der Waals surface area (Å²) >= 11 is 0. The number of nitrogens with one attached hydrogen (secondary N) is 1. The first kappa shape index (κ1) is 20.9. The lowest BCUT2D eigenvalue weighted by molar-refractivity contribution is 0.371. The van der Waals surface area contributed by atoms with E-state index in [0.29, 0.717) is 12.4 Å². The number of rotatable bonds is 6. The highest BCUT2D eigenvalue weighted by atomic mass is 16.3. The third-order valence-corrected chi connectivity index (χ3v) is 5.37. The number of benzene rings is 1. The Balaban J connectivity index is 1.33. The maximum absolute atomic E-state index is 5.67. The van der Waals surface area contributed by atoms with Gasteiger partial charge in [0.25, 0.3) is 0 Å². The van der Waals surface area contributed by atoms with Gasteiger partial charge in [0.15, 0.2) is 5.96 Å². The van der Waals surface area contributed by atoms with E-state index in [1.54, 1.807) is 6.26 Å². The summed E-state index contributed by atoms with van der Waals surface area (Å²) < 4.78 is 5.67. The monoisotopic (exact) mass is 418 g/mol. The number of hydrogen-bond acceptors (Lipinski definition) is 5. The average Bonchev–Trinajstić information content (AvgIpc) is 3.29. The minimum Gasteiger partial charge on any atom is -0.444 e. The van der Waals surface area contributed by atoms with Crippen LogP contribution in [0.2, 0.25) is 0 Å². The van der Waals surface area contributed by atoms with Crippen LogP contribution >= 0.6 is 0 Å². The molecule has 0 radical (unpaired) electrons. The molecule has 31 heavy (non-hydrogen) atoms. The van der Waals surface area contributed by atoms with Gasteiger partial charge in [-0.1, -0.05) is 23.8 Å². The summed E-state index contributed by atoms with van der Waals surface area (Å²) in [4.78, 5) is 18.6. The fraction of sp³-hybridized carbons (Fsp3) is 0.375.